The molecule has 0 radical (unpaired) electrons. The lowest BCUT2D eigenvalue weighted by Crippen LogP contribution is -2.40. The summed E-state index contributed by atoms with van der Waals surface area (Å²) < 4.78 is 40.4. The lowest BCUT2D eigenvalue weighted by atomic mass is 10.0. The van der Waals surface area contributed by atoms with Crippen LogP contribution in [0.3, 0.4) is 0 Å². The van der Waals surface area contributed by atoms with Crippen LogP contribution in [0.5, 0.6) is 0 Å². The minimum Gasteiger partial charge on any atom is -0.325 e. The number of aromatic nitrogens is 3. The number of rotatable bonds is 4. The standard InChI is InChI=1S/C22H24F3N5O/c1-14-3-4-15(2)18(11-14)26-21(31)13-29-9-7-17(8-10-29)30-20-6-5-16(22(23,24)25)12-19(20)27-28-30/h3-6,11-12,17H,7-10,13H2,1-2H3,(H,26,31). The molecule has 3 aromatic rings. The Balaban J connectivity index is 1.36. The van der Waals surface area contributed by atoms with Crippen LogP contribution >= 0.6 is 0 Å². The summed E-state index contributed by atoms with van der Waals surface area (Å²) >= 11 is 0. The second-order valence-electron chi connectivity index (χ2n) is 8.11. The Labute approximate surface area is 178 Å². The number of benzene rings is 2. The van der Waals surface area contributed by atoms with Crippen LogP contribution in [0.15, 0.2) is 36.4 Å². The number of hydrogen-bond donors (Lipinski definition) is 1. The van der Waals surface area contributed by atoms with Crippen molar-refractivity contribution in [1.29, 1.82) is 0 Å². The van der Waals surface area contributed by atoms with Gasteiger partial charge in [-0.3, -0.25) is 9.69 Å². The van der Waals surface area contributed by atoms with Crippen LogP contribution in [-0.2, 0) is 11.0 Å². The number of fused-ring (bicyclic) bond motifs is 1. The van der Waals surface area contributed by atoms with Gasteiger partial charge in [-0.05, 0) is 62.1 Å². The fraction of sp³-hybridized carbons (Fsp3) is 0.409. The predicted octanol–water partition coefficient (Wildman–Crippen LogP) is 4.34. The fourth-order valence-corrected chi connectivity index (χ4v) is 3.97. The number of halogens is 3. The Morgan fingerprint density at radius 3 is 2.58 bits per heavy atom. The second-order valence-corrected chi connectivity index (χ2v) is 8.11. The average Bonchev–Trinajstić information content (AvgIpc) is 3.14. The molecule has 164 valence electrons. The minimum absolute atomic E-state index is 0.0417. The molecule has 1 aromatic heterocycles. The summed E-state index contributed by atoms with van der Waals surface area (Å²) in [5, 5.41) is 11.0. The number of nitrogens with zero attached hydrogens (tertiary/aromatic N) is 4. The van der Waals surface area contributed by atoms with Gasteiger partial charge in [0, 0.05) is 18.8 Å². The highest BCUT2D eigenvalue weighted by Crippen LogP contribution is 2.32. The van der Waals surface area contributed by atoms with Crippen LogP contribution in [0.2, 0.25) is 0 Å². The third-order valence-corrected chi connectivity index (χ3v) is 5.74. The number of likely N-dealkylation sites (tertiary alicyclic amines) is 1. The van der Waals surface area contributed by atoms with E-state index in [1.165, 1.54) is 6.07 Å². The molecule has 9 heteroatoms. The van der Waals surface area contributed by atoms with Crippen molar-refractivity contribution in [3.05, 3.63) is 53.1 Å². The maximum atomic E-state index is 12.9. The first-order valence-electron chi connectivity index (χ1n) is 10.2. The lowest BCUT2D eigenvalue weighted by Gasteiger charge is -2.31. The van der Waals surface area contributed by atoms with Crippen LogP contribution in [0.25, 0.3) is 11.0 Å². The van der Waals surface area contributed by atoms with E-state index in [0.717, 1.165) is 41.8 Å². The van der Waals surface area contributed by atoms with Crippen molar-refractivity contribution in [2.45, 2.75) is 38.9 Å². The second kappa shape index (κ2) is 8.30. The van der Waals surface area contributed by atoms with Crippen LogP contribution in [-0.4, -0.2) is 45.4 Å². The van der Waals surface area contributed by atoms with Gasteiger partial charge in [0.25, 0.3) is 0 Å². The molecule has 4 rings (SSSR count). The summed E-state index contributed by atoms with van der Waals surface area (Å²) in [6, 6.07) is 9.52. The quantitative estimate of drug-likeness (QED) is 0.668. The number of alkyl halides is 3. The van der Waals surface area contributed by atoms with E-state index in [9.17, 15) is 18.0 Å². The smallest absolute Gasteiger partial charge is 0.325 e. The maximum absolute atomic E-state index is 12.9. The van der Waals surface area contributed by atoms with E-state index < -0.39 is 11.7 Å². The molecular weight excluding hydrogens is 407 g/mol. The molecule has 1 aliphatic heterocycles. The molecule has 0 unspecified atom stereocenters. The first-order valence-corrected chi connectivity index (χ1v) is 10.2. The van der Waals surface area contributed by atoms with E-state index in [0.29, 0.717) is 25.2 Å². The van der Waals surface area contributed by atoms with Gasteiger partial charge in [0.15, 0.2) is 0 Å². The van der Waals surface area contributed by atoms with E-state index in [1.54, 1.807) is 4.68 Å². The first kappa shape index (κ1) is 21.3. The number of aryl methyl sites for hydroxylation is 2. The normalized spacial score (nSPS) is 16.0. The molecule has 1 amide bonds. The van der Waals surface area contributed by atoms with Gasteiger partial charge in [0.1, 0.15) is 5.52 Å². The number of anilines is 1. The zero-order valence-corrected chi connectivity index (χ0v) is 17.4. The molecule has 31 heavy (non-hydrogen) atoms. The molecule has 2 aromatic carbocycles. The Kier molecular flexibility index (Phi) is 5.70. The van der Waals surface area contributed by atoms with Crippen molar-refractivity contribution < 1.29 is 18.0 Å². The number of carbonyl (C=O) groups is 1. The molecule has 6 nitrogen and oxygen atoms in total. The van der Waals surface area contributed by atoms with Gasteiger partial charge in [0.05, 0.1) is 23.7 Å². The van der Waals surface area contributed by atoms with E-state index in [4.69, 9.17) is 0 Å². The molecule has 1 saturated heterocycles. The summed E-state index contributed by atoms with van der Waals surface area (Å²) in [5.74, 6) is -0.0574. The topological polar surface area (TPSA) is 63.1 Å². The zero-order valence-electron chi connectivity index (χ0n) is 17.4. The van der Waals surface area contributed by atoms with E-state index in [1.807, 2.05) is 32.0 Å². The fourth-order valence-electron chi connectivity index (χ4n) is 3.97. The first-order chi connectivity index (χ1) is 14.7. The van der Waals surface area contributed by atoms with Gasteiger partial charge in [-0.15, -0.1) is 5.10 Å². The Hall–Kier alpha value is -2.94. The summed E-state index contributed by atoms with van der Waals surface area (Å²) in [5.41, 5.74) is 3.04. The van der Waals surface area contributed by atoms with Crippen molar-refractivity contribution >= 4 is 22.6 Å². The molecule has 1 aliphatic rings. The summed E-state index contributed by atoms with van der Waals surface area (Å²) in [7, 11) is 0. The summed E-state index contributed by atoms with van der Waals surface area (Å²) in [4.78, 5) is 14.6. The molecule has 0 spiro atoms. The van der Waals surface area contributed by atoms with Crippen molar-refractivity contribution in [3.63, 3.8) is 0 Å². The van der Waals surface area contributed by atoms with Crippen LogP contribution in [0.4, 0.5) is 18.9 Å². The van der Waals surface area contributed by atoms with Gasteiger partial charge in [-0.25, -0.2) is 4.68 Å². The molecule has 0 saturated carbocycles. The van der Waals surface area contributed by atoms with E-state index in [2.05, 4.69) is 20.5 Å². The Morgan fingerprint density at radius 1 is 1.13 bits per heavy atom. The summed E-state index contributed by atoms with van der Waals surface area (Å²) in [6.07, 6.45) is -2.91. The van der Waals surface area contributed by atoms with Crippen molar-refractivity contribution in [1.82, 2.24) is 19.9 Å². The zero-order chi connectivity index (χ0) is 22.2. The monoisotopic (exact) mass is 431 g/mol. The molecule has 1 fully saturated rings. The minimum atomic E-state index is -4.40. The maximum Gasteiger partial charge on any atom is 0.416 e. The van der Waals surface area contributed by atoms with Gasteiger partial charge >= 0.3 is 6.18 Å². The van der Waals surface area contributed by atoms with Crippen LogP contribution in [0, 0.1) is 13.8 Å². The molecular formula is C22H24F3N5O. The highest BCUT2D eigenvalue weighted by Gasteiger charge is 2.31. The number of piperidine rings is 1. The summed E-state index contributed by atoms with van der Waals surface area (Å²) in [6.45, 7) is 5.64. The van der Waals surface area contributed by atoms with Gasteiger partial charge < -0.3 is 5.32 Å². The molecule has 1 N–H and O–H groups in total. The number of hydrogen-bond acceptors (Lipinski definition) is 4. The van der Waals surface area contributed by atoms with Crippen molar-refractivity contribution in [3.8, 4) is 0 Å². The van der Waals surface area contributed by atoms with E-state index >= 15 is 0 Å². The third-order valence-electron chi connectivity index (χ3n) is 5.74. The van der Waals surface area contributed by atoms with Gasteiger partial charge in [0.2, 0.25) is 5.91 Å². The Bertz CT molecular complexity index is 1100. The average molecular weight is 431 g/mol. The SMILES string of the molecule is Cc1ccc(C)c(NC(=O)CN2CCC(n3nnc4cc(C(F)(F)F)ccc43)CC2)c1. The van der Waals surface area contributed by atoms with Crippen molar-refractivity contribution in [2.75, 3.05) is 25.0 Å². The molecule has 0 bridgehead atoms. The number of nitrogens with one attached hydrogen (secondary N) is 1. The van der Waals surface area contributed by atoms with E-state index in [-0.39, 0.29) is 17.5 Å². The largest absolute Gasteiger partial charge is 0.416 e. The molecule has 0 atom stereocenters. The van der Waals surface area contributed by atoms with Crippen LogP contribution < -0.4 is 5.32 Å². The number of amides is 1. The number of carbonyl (C=O) groups excluding carboxylic acids is 1. The highest BCUT2D eigenvalue weighted by atomic mass is 19.4. The van der Waals surface area contributed by atoms with Crippen molar-refractivity contribution in [2.24, 2.45) is 0 Å². The van der Waals surface area contributed by atoms with Gasteiger partial charge in [-0.1, -0.05) is 17.3 Å². The lowest BCUT2D eigenvalue weighted by molar-refractivity contribution is -0.137. The highest BCUT2D eigenvalue weighted by molar-refractivity contribution is 5.93. The Morgan fingerprint density at radius 2 is 1.87 bits per heavy atom. The molecule has 0 aliphatic carbocycles. The third kappa shape index (κ3) is 4.71. The predicted molar refractivity (Wildman–Crippen MR) is 112 cm³/mol. The van der Waals surface area contributed by atoms with Crippen LogP contribution in [0.1, 0.15) is 35.6 Å². The van der Waals surface area contributed by atoms with Gasteiger partial charge in [-0.2, -0.15) is 13.2 Å². The molecule has 2 heterocycles.